The molecule has 0 aliphatic heterocycles. The van der Waals surface area contributed by atoms with Crippen LogP contribution in [0.2, 0.25) is 10.0 Å². The molecule has 3 aromatic rings. The second kappa shape index (κ2) is 8.84. The summed E-state index contributed by atoms with van der Waals surface area (Å²) in [6, 6.07) is 3.15. The molecule has 3 rings (SSSR count). The fraction of sp³-hybridized carbons (Fsp3) is 0.176. The summed E-state index contributed by atoms with van der Waals surface area (Å²) in [5, 5.41) is 12.7. The van der Waals surface area contributed by atoms with E-state index in [9.17, 15) is 31.9 Å². The van der Waals surface area contributed by atoms with Crippen molar-refractivity contribution in [2.75, 3.05) is 5.75 Å². The first-order valence-electron chi connectivity index (χ1n) is 8.55. The van der Waals surface area contributed by atoms with E-state index in [-0.39, 0.29) is 33.1 Å². The van der Waals surface area contributed by atoms with E-state index in [1.165, 1.54) is 6.92 Å². The van der Waals surface area contributed by atoms with Crippen LogP contribution in [0.15, 0.2) is 38.9 Å². The number of rotatable bonds is 6. The molecule has 0 bridgehead atoms. The van der Waals surface area contributed by atoms with Crippen LogP contribution in [0, 0.1) is 0 Å². The predicted molar refractivity (Wildman–Crippen MR) is 109 cm³/mol. The number of nitrogens with zero attached hydrogens (tertiary/aromatic N) is 3. The second-order valence-electron chi connectivity index (χ2n) is 6.09. The highest BCUT2D eigenvalue weighted by Gasteiger charge is 2.21. The van der Waals surface area contributed by atoms with Crippen LogP contribution in [0.5, 0.6) is 17.4 Å². The van der Waals surface area contributed by atoms with Gasteiger partial charge in [0.25, 0.3) is 12.0 Å². The van der Waals surface area contributed by atoms with Crippen molar-refractivity contribution in [3.05, 3.63) is 61.0 Å². The lowest BCUT2D eigenvalue weighted by Gasteiger charge is -2.13. The lowest BCUT2D eigenvalue weighted by molar-refractivity contribution is 0.141. The quantitative estimate of drug-likeness (QED) is 0.516. The molecule has 0 amide bonds. The van der Waals surface area contributed by atoms with Crippen LogP contribution in [-0.4, -0.2) is 39.0 Å². The van der Waals surface area contributed by atoms with Gasteiger partial charge in [0.2, 0.25) is 5.88 Å². The van der Waals surface area contributed by atoms with Crippen LogP contribution in [0.4, 0.5) is 8.78 Å². The van der Waals surface area contributed by atoms with Crippen molar-refractivity contribution < 1.29 is 27.0 Å². The monoisotopic (exact) mass is 508 g/mol. The van der Waals surface area contributed by atoms with Crippen molar-refractivity contribution in [1.82, 2.24) is 19.7 Å². The van der Waals surface area contributed by atoms with Crippen LogP contribution in [0.1, 0.15) is 19.0 Å². The summed E-state index contributed by atoms with van der Waals surface area (Å²) in [4.78, 5) is 28.5. The van der Waals surface area contributed by atoms with E-state index >= 15 is 0 Å². The van der Waals surface area contributed by atoms with Gasteiger partial charge in [-0.05, 0) is 12.1 Å². The Bertz CT molecular complexity index is 1400. The molecule has 1 aromatic carbocycles. The Morgan fingerprint density at radius 1 is 1.22 bits per heavy atom. The number of hydrogen-bond acceptors (Lipinski definition) is 8. The van der Waals surface area contributed by atoms with E-state index in [1.54, 1.807) is 4.98 Å². The molecule has 0 fully saturated rings. The van der Waals surface area contributed by atoms with Crippen molar-refractivity contribution in [3.8, 4) is 23.1 Å². The van der Waals surface area contributed by atoms with Crippen molar-refractivity contribution in [2.24, 2.45) is 0 Å². The molecule has 2 heterocycles. The second-order valence-corrected chi connectivity index (χ2v) is 9.15. The lowest BCUT2D eigenvalue weighted by Crippen LogP contribution is -2.34. The number of aromatic nitrogens is 4. The highest BCUT2D eigenvalue weighted by molar-refractivity contribution is 7.91. The minimum absolute atomic E-state index is 0.164. The number of aromatic hydroxyl groups is 1. The van der Waals surface area contributed by atoms with E-state index in [1.807, 2.05) is 0 Å². The number of H-pyrrole nitrogens is 1. The van der Waals surface area contributed by atoms with Gasteiger partial charge in [-0.2, -0.15) is 9.78 Å². The maximum atomic E-state index is 13.0. The summed E-state index contributed by atoms with van der Waals surface area (Å²) >= 11 is 12.3. The molecular formula is C17H12Cl2F2N4O6S. The maximum absolute atomic E-state index is 13.0. The molecule has 2 aromatic heterocycles. The standard InChI is InChI=1S/C17H12Cl2F2N4O6S/c1-2-32(29,30)11-5-12(22-6-10(11)26)31-14-8(18)3-7(4-9(14)19)25-17(28)23-16(27)13(24-25)15(20)21/h3-6,15,26H,2H2,1H3,(H,23,27,28). The predicted octanol–water partition coefficient (Wildman–Crippen LogP) is 2.85. The lowest BCUT2D eigenvalue weighted by atomic mass is 10.3. The van der Waals surface area contributed by atoms with Gasteiger partial charge in [-0.3, -0.25) is 9.78 Å². The normalized spacial score (nSPS) is 11.7. The first-order chi connectivity index (χ1) is 14.9. The molecular weight excluding hydrogens is 497 g/mol. The molecule has 0 atom stereocenters. The number of benzene rings is 1. The average Bonchev–Trinajstić information content (AvgIpc) is 2.71. The number of halogens is 4. The Morgan fingerprint density at radius 3 is 2.41 bits per heavy atom. The first kappa shape index (κ1) is 23.6. The Kier molecular flexibility index (Phi) is 6.53. The Labute approximate surface area is 187 Å². The van der Waals surface area contributed by atoms with Gasteiger partial charge in [0.05, 0.1) is 27.7 Å². The van der Waals surface area contributed by atoms with E-state index in [0.717, 1.165) is 24.4 Å². The van der Waals surface area contributed by atoms with E-state index < -0.39 is 43.9 Å². The Morgan fingerprint density at radius 2 is 1.84 bits per heavy atom. The third-order valence-electron chi connectivity index (χ3n) is 4.03. The zero-order valence-electron chi connectivity index (χ0n) is 15.8. The van der Waals surface area contributed by atoms with Gasteiger partial charge < -0.3 is 9.84 Å². The van der Waals surface area contributed by atoms with E-state index in [2.05, 4.69) is 10.1 Å². The third kappa shape index (κ3) is 4.59. The zero-order chi connectivity index (χ0) is 23.8. The molecule has 0 radical (unpaired) electrons. The molecule has 2 N–H and O–H groups in total. The van der Waals surface area contributed by atoms with Gasteiger partial charge in [-0.1, -0.05) is 30.1 Å². The highest BCUT2D eigenvalue weighted by atomic mass is 35.5. The summed E-state index contributed by atoms with van der Waals surface area (Å²) in [6.45, 7) is 1.38. The fourth-order valence-electron chi connectivity index (χ4n) is 2.47. The van der Waals surface area contributed by atoms with Crippen LogP contribution in [0.3, 0.4) is 0 Å². The van der Waals surface area contributed by atoms with Crippen molar-refractivity contribution in [2.45, 2.75) is 18.2 Å². The molecule has 0 spiro atoms. The minimum Gasteiger partial charge on any atom is -0.505 e. The maximum Gasteiger partial charge on any atom is 0.349 e. The van der Waals surface area contributed by atoms with Gasteiger partial charge in [-0.15, -0.1) is 0 Å². The number of sulfone groups is 1. The molecule has 0 unspecified atom stereocenters. The van der Waals surface area contributed by atoms with Crippen molar-refractivity contribution in [1.29, 1.82) is 0 Å². The summed E-state index contributed by atoms with van der Waals surface area (Å²) in [5.74, 6) is -1.35. The number of alkyl halides is 2. The largest absolute Gasteiger partial charge is 0.505 e. The summed E-state index contributed by atoms with van der Waals surface area (Å²) in [5.41, 5.74) is -3.80. The van der Waals surface area contributed by atoms with Crippen LogP contribution < -0.4 is 16.0 Å². The average molecular weight is 509 g/mol. The number of ether oxygens (including phenoxy) is 1. The van der Waals surface area contributed by atoms with E-state index in [4.69, 9.17) is 27.9 Å². The number of nitrogens with one attached hydrogen (secondary N) is 1. The molecule has 15 heteroatoms. The van der Waals surface area contributed by atoms with Crippen molar-refractivity contribution in [3.63, 3.8) is 0 Å². The Balaban J connectivity index is 2.05. The van der Waals surface area contributed by atoms with Crippen molar-refractivity contribution >= 4 is 33.0 Å². The van der Waals surface area contributed by atoms with E-state index in [0.29, 0.717) is 4.68 Å². The number of pyridine rings is 1. The molecule has 10 nitrogen and oxygen atoms in total. The first-order valence-corrected chi connectivity index (χ1v) is 11.0. The topological polar surface area (TPSA) is 144 Å². The molecule has 170 valence electrons. The van der Waals surface area contributed by atoms with Gasteiger partial charge in [0, 0.05) is 6.07 Å². The third-order valence-corrected chi connectivity index (χ3v) is 6.35. The van der Waals surface area contributed by atoms with Crippen LogP contribution >= 0.6 is 23.2 Å². The van der Waals surface area contributed by atoms with Gasteiger partial charge in [0.15, 0.2) is 27.0 Å². The molecule has 0 saturated carbocycles. The molecule has 0 aliphatic carbocycles. The molecule has 0 aliphatic rings. The summed E-state index contributed by atoms with van der Waals surface area (Å²) in [7, 11) is -3.80. The smallest absolute Gasteiger partial charge is 0.349 e. The number of hydrogen-bond donors (Lipinski definition) is 2. The van der Waals surface area contributed by atoms with Gasteiger partial charge >= 0.3 is 5.69 Å². The number of aromatic amines is 1. The fourth-order valence-corrected chi connectivity index (χ4v) is 3.99. The van der Waals surface area contributed by atoms with Crippen LogP contribution in [-0.2, 0) is 9.84 Å². The Hall–Kier alpha value is -3.03. The molecule has 0 saturated heterocycles. The van der Waals surface area contributed by atoms with Gasteiger partial charge in [0.1, 0.15) is 4.90 Å². The minimum atomic E-state index is -3.80. The van der Waals surface area contributed by atoms with Crippen LogP contribution in [0.25, 0.3) is 5.69 Å². The zero-order valence-corrected chi connectivity index (χ0v) is 18.2. The SMILES string of the molecule is CCS(=O)(=O)c1cc(Oc2c(Cl)cc(-n3nc(C(F)F)c(=O)[nH]c3=O)cc2Cl)ncc1O. The highest BCUT2D eigenvalue weighted by Crippen LogP contribution is 2.38. The molecule has 32 heavy (non-hydrogen) atoms. The summed E-state index contributed by atoms with van der Waals surface area (Å²) < 4.78 is 56.0. The summed E-state index contributed by atoms with van der Waals surface area (Å²) in [6.07, 6.45) is -2.38. The van der Waals surface area contributed by atoms with Gasteiger partial charge in [-0.25, -0.2) is 27.0 Å².